The Kier molecular flexibility index (Phi) is 5.32. The van der Waals surface area contributed by atoms with Gasteiger partial charge in [0.2, 0.25) is 0 Å². The largest absolute Gasteiger partial charge is 0.387 e. The van der Waals surface area contributed by atoms with Crippen molar-refractivity contribution in [2.75, 3.05) is 6.54 Å². The smallest absolute Gasteiger partial charge is 0.0944 e. The molecule has 0 unspecified atom stereocenters. The zero-order valence-electron chi connectivity index (χ0n) is 13.7. The van der Waals surface area contributed by atoms with Crippen molar-refractivity contribution in [3.8, 4) is 0 Å². The molecule has 1 aromatic rings. The summed E-state index contributed by atoms with van der Waals surface area (Å²) >= 11 is 0. The van der Waals surface area contributed by atoms with Crippen molar-refractivity contribution in [3.63, 3.8) is 0 Å². The number of hydrogen-bond acceptors (Lipinski definition) is 3. The number of hydrogen-bond donors (Lipinski definition) is 2. The lowest BCUT2D eigenvalue weighted by Gasteiger charge is -2.36. The second kappa shape index (κ2) is 7.42. The Hall–Kier alpha value is -1.13. The molecule has 4 nitrogen and oxygen atoms in total. The van der Waals surface area contributed by atoms with Gasteiger partial charge in [0.15, 0.2) is 0 Å². The van der Waals surface area contributed by atoms with Crippen LogP contribution in [0.25, 0.3) is 0 Å². The van der Waals surface area contributed by atoms with Crippen LogP contribution in [0.15, 0.2) is 24.0 Å². The molecule has 4 heteroatoms. The van der Waals surface area contributed by atoms with Crippen molar-refractivity contribution >= 4 is 0 Å². The highest BCUT2D eigenvalue weighted by Crippen LogP contribution is 2.35. The Balaban J connectivity index is 1.58. The van der Waals surface area contributed by atoms with E-state index in [4.69, 9.17) is 0 Å². The standard InChI is InChI=1S/C18H29N3O/c1-21-13-15(11-20-21)18(22)12-19-17-10-6-5-9-16(17)14-7-3-2-4-8-14/h7,11,13,16-19,22H,2-6,8-10,12H2,1H3/t16-,17+,18-/m1/s1. The van der Waals surface area contributed by atoms with Crippen molar-refractivity contribution in [1.82, 2.24) is 15.1 Å². The van der Waals surface area contributed by atoms with Gasteiger partial charge >= 0.3 is 0 Å². The normalized spacial score (nSPS) is 27.5. The van der Waals surface area contributed by atoms with Crippen LogP contribution in [0.4, 0.5) is 0 Å². The first-order chi connectivity index (χ1) is 10.7. The molecule has 3 rings (SSSR count). The molecule has 1 fully saturated rings. The number of aryl methyl sites for hydroxylation is 1. The van der Waals surface area contributed by atoms with Gasteiger partial charge in [0.05, 0.1) is 12.3 Å². The highest BCUT2D eigenvalue weighted by Gasteiger charge is 2.28. The topological polar surface area (TPSA) is 50.1 Å². The van der Waals surface area contributed by atoms with Gasteiger partial charge in [0.1, 0.15) is 0 Å². The van der Waals surface area contributed by atoms with E-state index in [1.807, 2.05) is 13.2 Å². The van der Waals surface area contributed by atoms with E-state index >= 15 is 0 Å². The lowest BCUT2D eigenvalue weighted by atomic mass is 9.76. The lowest BCUT2D eigenvalue weighted by molar-refractivity contribution is 0.158. The van der Waals surface area contributed by atoms with Crippen molar-refractivity contribution in [2.45, 2.75) is 63.5 Å². The SMILES string of the molecule is Cn1cc([C@H](O)CN[C@H]2CCCC[C@@H]2C2=CCCCC2)cn1. The minimum Gasteiger partial charge on any atom is -0.387 e. The minimum atomic E-state index is -0.461. The van der Waals surface area contributed by atoms with Crippen LogP contribution in [-0.4, -0.2) is 27.5 Å². The average molecular weight is 303 g/mol. The van der Waals surface area contributed by atoms with Crippen LogP contribution < -0.4 is 5.32 Å². The van der Waals surface area contributed by atoms with Crippen LogP contribution in [0.5, 0.6) is 0 Å². The minimum absolute atomic E-state index is 0.461. The monoisotopic (exact) mass is 303 g/mol. The van der Waals surface area contributed by atoms with Gasteiger partial charge in [-0.05, 0) is 44.4 Å². The number of nitrogens with zero attached hydrogens (tertiary/aromatic N) is 2. The molecule has 0 spiro atoms. The van der Waals surface area contributed by atoms with Crippen molar-refractivity contribution in [1.29, 1.82) is 0 Å². The number of aliphatic hydroxyl groups is 1. The maximum atomic E-state index is 10.3. The number of rotatable bonds is 5. The predicted molar refractivity (Wildman–Crippen MR) is 88.5 cm³/mol. The molecular formula is C18H29N3O. The first kappa shape index (κ1) is 15.8. The predicted octanol–water partition coefficient (Wildman–Crippen LogP) is 3.10. The Morgan fingerprint density at radius 2 is 2.18 bits per heavy atom. The van der Waals surface area contributed by atoms with Crippen LogP contribution in [0, 0.1) is 5.92 Å². The summed E-state index contributed by atoms with van der Waals surface area (Å²) in [4.78, 5) is 0. The van der Waals surface area contributed by atoms with Crippen LogP contribution >= 0.6 is 0 Å². The molecule has 0 saturated heterocycles. The highest BCUT2D eigenvalue weighted by atomic mass is 16.3. The number of aromatic nitrogens is 2. The van der Waals surface area contributed by atoms with Crippen molar-refractivity contribution < 1.29 is 5.11 Å². The molecule has 1 heterocycles. The quantitative estimate of drug-likeness (QED) is 0.822. The van der Waals surface area contributed by atoms with Gasteiger partial charge < -0.3 is 10.4 Å². The van der Waals surface area contributed by atoms with Gasteiger partial charge in [0, 0.05) is 31.4 Å². The van der Waals surface area contributed by atoms with Crippen LogP contribution in [0.3, 0.4) is 0 Å². The van der Waals surface area contributed by atoms with E-state index in [0.717, 1.165) is 5.56 Å². The first-order valence-corrected chi connectivity index (χ1v) is 8.83. The fraction of sp³-hybridized carbons (Fsp3) is 0.722. The molecule has 22 heavy (non-hydrogen) atoms. The van der Waals surface area contributed by atoms with Gasteiger partial charge in [-0.1, -0.05) is 24.5 Å². The summed E-state index contributed by atoms with van der Waals surface area (Å²) in [5.74, 6) is 0.690. The summed E-state index contributed by atoms with van der Waals surface area (Å²) < 4.78 is 1.74. The van der Waals surface area contributed by atoms with E-state index in [1.54, 1.807) is 16.5 Å². The van der Waals surface area contributed by atoms with E-state index < -0.39 is 6.10 Å². The molecule has 3 atom stereocenters. The number of aliphatic hydroxyl groups excluding tert-OH is 1. The molecule has 0 bridgehead atoms. The van der Waals surface area contributed by atoms with Crippen LogP contribution in [0.2, 0.25) is 0 Å². The van der Waals surface area contributed by atoms with E-state index in [9.17, 15) is 5.11 Å². The highest BCUT2D eigenvalue weighted by molar-refractivity contribution is 5.14. The Labute approximate surface area is 133 Å². The molecule has 0 aromatic carbocycles. The van der Waals surface area contributed by atoms with Crippen molar-refractivity contribution in [2.24, 2.45) is 13.0 Å². The van der Waals surface area contributed by atoms with E-state index in [0.29, 0.717) is 18.5 Å². The Morgan fingerprint density at radius 1 is 1.32 bits per heavy atom. The first-order valence-electron chi connectivity index (χ1n) is 8.83. The molecule has 1 aromatic heterocycles. The third kappa shape index (κ3) is 3.79. The maximum Gasteiger partial charge on any atom is 0.0944 e. The zero-order chi connectivity index (χ0) is 15.4. The summed E-state index contributed by atoms with van der Waals surface area (Å²) in [7, 11) is 1.89. The summed E-state index contributed by atoms with van der Waals surface area (Å²) in [6.45, 7) is 0.625. The van der Waals surface area contributed by atoms with E-state index in [-0.39, 0.29) is 0 Å². The van der Waals surface area contributed by atoms with Crippen LogP contribution in [-0.2, 0) is 7.05 Å². The molecular weight excluding hydrogens is 274 g/mol. The summed E-state index contributed by atoms with van der Waals surface area (Å²) in [6.07, 6.45) is 16.2. The van der Waals surface area contributed by atoms with Crippen LogP contribution in [0.1, 0.15) is 63.0 Å². The average Bonchev–Trinajstić information content (AvgIpc) is 3.00. The summed E-state index contributed by atoms with van der Waals surface area (Å²) in [6, 6.07) is 0.532. The fourth-order valence-electron chi connectivity index (χ4n) is 4.01. The fourth-order valence-corrected chi connectivity index (χ4v) is 4.01. The van der Waals surface area contributed by atoms with Gasteiger partial charge in [-0.3, -0.25) is 4.68 Å². The maximum absolute atomic E-state index is 10.3. The third-order valence-corrected chi connectivity index (χ3v) is 5.25. The van der Waals surface area contributed by atoms with Gasteiger partial charge in [-0.25, -0.2) is 0 Å². The summed E-state index contributed by atoms with van der Waals surface area (Å²) in [5.41, 5.74) is 2.58. The van der Waals surface area contributed by atoms with Gasteiger partial charge in [-0.2, -0.15) is 5.10 Å². The molecule has 2 aliphatic rings. The van der Waals surface area contributed by atoms with Gasteiger partial charge in [-0.15, -0.1) is 0 Å². The van der Waals surface area contributed by atoms with E-state index in [1.165, 1.54) is 51.4 Å². The lowest BCUT2D eigenvalue weighted by Crippen LogP contribution is -2.41. The Morgan fingerprint density at radius 3 is 2.91 bits per heavy atom. The van der Waals surface area contributed by atoms with E-state index in [2.05, 4.69) is 16.5 Å². The number of nitrogens with one attached hydrogen (secondary N) is 1. The summed E-state index contributed by atoms with van der Waals surface area (Å²) in [5, 5.41) is 18.1. The molecule has 0 radical (unpaired) electrons. The van der Waals surface area contributed by atoms with Crippen molar-refractivity contribution in [3.05, 3.63) is 29.6 Å². The molecule has 122 valence electrons. The Bertz CT molecular complexity index is 508. The second-order valence-corrected chi connectivity index (χ2v) is 6.89. The molecule has 2 aliphatic carbocycles. The molecule has 0 amide bonds. The third-order valence-electron chi connectivity index (χ3n) is 5.25. The molecule has 0 aliphatic heterocycles. The second-order valence-electron chi connectivity index (χ2n) is 6.89. The molecule has 2 N–H and O–H groups in total. The molecule has 1 saturated carbocycles. The van der Waals surface area contributed by atoms with Gasteiger partial charge in [0.25, 0.3) is 0 Å². The zero-order valence-corrected chi connectivity index (χ0v) is 13.7. The number of allylic oxidation sites excluding steroid dienone is 1.